The van der Waals surface area contributed by atoms with E-state index < -0.39 is 0 Å². The quantitative estimate of drug-likeness (QED) is 0.639. The first-order valence-electron chi connectivity index (χ1n) is 6.68. The van der Waals surface area contributed by atoms with E-state index in [1.807, 2.05) is 30.0 Å². The van der Waals surface area contributed by atoms with Crippen molar-refractivity contribution in [3.8, 4) is 0 Å². The molecule has 0 fully saturated rings. The van der Waals surface area contributed by atoms with Crippen molar-refractivity contribution in [3.05, 3.63) is 33.8 Å². The molecule has 4 heteroatoms. The van der Waals surface area contributed by atoms with E-state index >= 15 is 0 Å². The summed E-state index contributed by atoms with van der Waals surface area (Å²) in [4.78, 5) is 14.7. The maximum atomic E-state index is 12.7. The van der Waals surface area contributed by atoms with Gasteiger partial charge < -0.3 is 4.90 Å². The summed E-state index contributed by atoms with van der Waals surface area (Å²) in [5.41, 5.74) is 1.86. The van der Waals surface area contributed by atoms with Crippen LogP contribution in [-0.2, 0) is 0 Å². The Morgan fingerprint density at radius 1 is 1.32 bits per heavy atom. The zero-order valence-corrected chi connectivity index (χ0v) is 14.9. The lowest BCUT2D eigenvalue weighted by Gasteiger charge is -2.30. The molecule has 0 aliphatic heterocycles. The molecule has 0 unspecified atom stereocenters. The van der Waals surface area contributed by atoms with Crippen LogP contribution in [0.25, 0.3) is 0 Å². The van der Waals surface area contributed by atoms with E-state index in [9.17, 15) is 4.79 Å². The minimum absolute atomic E-state index is 0.115. The molecule has 1 amide bonds. The Kier molecular flexibility index (Phi) is 7.08. The summed E-state index contributed by atoms with van der Waals surface area (Å²) in [6.07, 6.45) is 1.97. The highest BCUT2D eigenvalue weighted by atomic mass is 79.9. The van der Waals surface area contributed by atoms with Gasteiger partial charge in [-0.3, -0.25) is 4.79 Å². The van der Waals surface area contributed by atoms with Gasteiger partial charge in [-0.2, -0.15) is 0 Å². The summed E-state index contributed by atoms with van der Waals surface area (Å²) in [6, 6.07) is 6.21. The second-order valence-corrected chi connectivity index (χ2v) is 6.29. The van der Waals surface area contributed by atoms with Crippen LogP contribution in [0, 0.1) is 6.92 Å². The van der Waals surface area contributed by atoms with Crippen LogP contribution in [0.3, 0.4) is 0 Å². The van der Waals surface area contributed by atoms with E-state index in [-0.39, 0.29) is 5.91 Å². The van der Waals surface area contributed by atoms with Gasteiger partial charge in [0.25, 0.3) is 5.91 Å². The average molecular weight is 391 g/mol. The summed E-state index contributed by atoms with van der Waals surface area (Å²) in [6.45, 7) is 7.02. The molecule has 0 atom stereocenters. The van der Waals surface area contributed by atoms with Crippen LogP contribution >= 0.6 is 31.9 Å². The van der Waals surface area contributed by atoms with E-state index in [0.717, 1.165) is 40.3 Å². The molecule has 0 spiro atoms. The van der Waals surface area contributed by atoms with Crippen LogP contribution in [0.1, 0.15) is 42.6 Å². The number of carbonyl (C=O) groups excluding carboxylic acids is 1. The van der Waals surface area contributed by atoms with Crippen molar-refractivity contribution in [2.24, 2.45) is 0 Å². The molecule has 1 rings (SSSR count). The molecule has 0 aliphatic carbocycles. The molecule has 19 heavy (non-hydrogen) atoms. The van der Waals surface area contributed by atoms with Gasteiger partial charge in [0.15, 0.2) is 0 Å². The number of nitrogens with zero attached hydrogens (tertiary/aromatic N) is 1. The molecule has 0 radical (unpaired) electrons. The van der Waals surface area contributed by atoms with Crippen LogP contribution in [0.15, 0.2) is 22.7 Å². The van der Waals surface area contributed by atoms with Gasteiger partial charge >= 0.3 is 0 Å². The largest absolute Gasteiger partial charge is 0.335 e. The van der Waals surface area contributed by atoms with Crippen LogP contribution in [0.5, 0.6) is 0 Å². The van der Waals surface area contributed by atoms with E-state index in [2.05, 4.69) is 45.7 Å². The molecule has 1 aromatic rings. The number of carbonyl (C=O) groups is 1. The van der Waals surface area contributed by atoms with Gasteiger partial charge in [-0.15, -0.1) is 0 Å². The molecule has 0 aliphatic rings. The van der Waals surface area contributed by atoms with E-state index in [0.29, 0.717) is 6.04 Å². The molecule has 0 heterocycles. The van der Waals surface area contributed by atoms with Crippen LogP contribution in [0.2, 0.25) is 0 Å². The predicted molar refractivity (Wildman–Crippen MR) is 88.1 cm³/mol. The van der Waals surface area contributed by atoms with E-state index in [1.165, 1.54) is 0 Å². The van der Waals surface area contributed by atoms with Crippen LogP contribution in [0.4, 0.5) is 0 Å². The number of hydrogen-bond donors (Lipinski definition) is 0. The van der Waals surface area contributed by atoms with Gasteiger partial charge in [-0.1, -0.05) is 41.4 Å². The predicted octanol–water partition coefficient (Wildman–Crippen LogP) is 4.78. The molecular weight excluding hydrogens is 370 g/mol. The fraction of sp³-hybridized carbons (Fsp3) is 0.533. The maximum absolute atomic E-state index is 12.7. The monoisotopic (exact) mass is 389 g/mol. The molecule has 0 bridgehead atoms. The topological polar surface area (TPSA) is 20.3 Å². The lowest BCUT2D eigenvalue weighted by molar-refractivity contribution is 0.0682. The van der Waals surface area contributed by atoms with Gasteiger partial charge in [-0.05, 0) is 47.8 Å². The summed E-state index contributed by atoms with van der Waals surface area (Å²) in [7, 11) is 0. The van der Waals surface area contributed by atoms with Crippen LogP contribution in [-0.4, -0.2) is 28.7 Å². The third kappa shape index (κ3) is 4.32. The second kappa shape index (κ2) is 8.05. The van der Waals surface area contributed by atoms with Gasteiger partial charge in [0.2, 0.25) is 0 Å². The highest BCUT2D eigenvalue weighted by Gasteiger charge is 2.23. The van der Waals surface area contributed by atoms with Gasteiger partial charge in [0.05, 0.1) is 5.56 Å². The maximum Gasteiger partial charge on any atom is 0.255 e. The van der Waals surface area contributed by atoms with Gasteiger partial charge in [0, 0.05) is 22.4 Å². The molecule has 106 valence electrons. The van der Waals surface area contributed by atoms with Crippen LogP contribution < -0.4 is 0 Å². The summed E-state index contributed by atoms with van der Waals surface area (Å²) < 4.78 is 0.869. The molecule has 0 N–H and O–H groups in total. The van der Waals surface area contributed by atoms with Crippen molar-refractivity contribution in [2.75, 3.05) is 11.9 Å². The molecule has 0 saturated heterocycles. The van der Waals surface area contributed by atoms with E-state index in [4.69, 9.17) is 0 Å². The third-order valence-corrected chi connectivity index (χ3v) is 4.37. The fourth-order valence-electron chi connectivity index (χ4n) is 2.23. The highest BCUT2D eigenvalue weighted by Crippen LogP contribution is 2.22. The van der Waals surface area contributed by atoms with Crippen molar-refractivity contribution in [3.63, 3.8) is 0 Å². The van der Waals surface area contributed by atoms with Crippen molar-refractivity contribution in [1.82, 2.24) is 4.90 Å². The summed E-state index contributed by atoms with van der Waals surface area (Å²) in [5, 5.41) is 0.804. The first-order valence-corrected chi connectivity index (χ1v) is 8.59. The Bertz CT molecular complexity index is 430. The standard InChI is InChI=1S/C15H21Br2NO/c1-4-12(5-2)18(9-8-16)15(19)13-10-11(3)6-7-14(13)17/h6-7,10,12H,4-5,8-9H2,1-3H3. The second-order valence-electron chi connectivity index (χ2n) is 4.64. The number of hydrogen-bond acceptors (Lipinski definition) is 1. The minimum Gasteiger partial charge on any atom is -0.335 e. The molecular formula is C15H21Br2NO. The minimum atomic E-state index is 0.115. The number of benzene rings is 1. The normalized spacial score (nSPS) is 10.8. The summed E-state index contributed by atoms with van der Waals surface area (Å²) >= 11 is 6.93. The van der Waals surface area contributed by atoms with Crippen molar-refractivity contribution < 1.29 is 4.79 Å². The molecule has 2 nitrogen and oxygen atoms in total. The SMILES string of the molecule is CCC(CC)N(CCBr)C(=O)c1cc(C)ccc1Br. The first-order chi connectivity index (χ1) is 9.04. The number of rotatable bonds is 6. The lowest BCUT2D eigenvalue weighted by atomic mass is 10.1. The average Bonchev–Trinajstić information content (AvgIpc) is 2.41. The zero-order chi connectivity index (χ0) is 14.4. The Hall–Kier alpha value is -0.350. The lowest BCUT2D eigenvalue weighted by Crippen LogP contribution is -2.41. The molecule has 0 saturated carbocycles. The number of aryl methyl sites for hydroxylation is 1. The van der Waals surface area contributed by atoms with Gasteiger partial charge in [-0.25, -0.2) is 0 Å². The number of alkyl halides is 1. The molecule has 0 aromatic heterocycles. The van der Waals surface area contributed by atoms with Gasteiger partial charge in [0.1, 0.15) is 0 Å². The third-order valence-electron chi connectivity index (χ3n) is 3.32. The highest BCUT2D eigenvalue weighted by molar-refractivity contribution is 9.10. The Morgan fingerprint density at radius 3 is 2.47 bits per heavy atom. The first kappa shape index (κ1) is 16.7. The summed E-state index contributed by atoms with van der Waals surface area (Å²) in [5.74, 6) is 0.115. The molecule has 1 aromatic carbocycles. The number of halogens is 2. The zero-order valence-electron chi connectivity index (χ0n) is 11.7. The van der Waals surface area contributed by atoms with Crippen molar-refractivity contribution >= 4 is 37.8 Å². The Labute approximate surface area is 132 Å². The van der Waals surface area contributed by atoms with E-state index in [1.54, 1.807) is 0 Å². The smallest absolute Gasteiger partial charge is 0.255 e. The fourth-order valence-corrected chi connectivity index (χ4v) is 3.03. The Morgan fingerprint density at radius 2 is 1.95 bits per heavy atom. The Balaban J connectivity index is 3.08. The van der Waals surface area contributed by atoms with Crippen molar-refractivity contribution in [2.45, 2.75) is 39.7 Å². The van der Waals surface area contributed by atoms with Crippen molar-refractivity contribution in [1.29, 1.82) is 0 Å². The number of amides is 1.